The van der Waals surface area contributed by atoms with E-state index >= 15 is 0 Å². The third kappa shape index (κ3) is 2.87. The van der Waals surface area contributed by atoms with Crippen molar-refractivity contribution in [3.63, 3.8) is 0 Å². The number of pyridine rings is 1. The van der Waals surface area contributed by atoms with Crippen LogP contribution in [0.5, 0.6) is 0 Å². The normalized spacial score (nSPS) is 14.3. The van der Waals surface area contributed by atoms with Gasteiger partial charge in [-0.2, -0.15) is 0 Å². The van der Waals surface area contributed by atoms with E-state index in [0.29, 0.717) is 18.7 Å². The molecule has 0 radical (unpaired) electrons. The number of carbonyl (C=O) groups is 1. The maximum absolute atomic E-state index is 12.7. The molecule has 134 valence electrons. The molecule has 2 aromatic heterocycles. The maximum atomic E-state index is 12.7. The molecule has 0 atom stereocenters. The molecule has 3 heterocycles. The molecule has 0 spiro atoms. The monoisotopic (exact) mass is 356 g/mol. The molecule has 5 heteroatoms. The average Bonchev–Trinajstić information content (AvgIpc) is 3.11. The van der Waals surface area contributed by atoms with Gasteiger partial charge in [0.1, 0.15) is 5.82 Å². The van der Waals surface area contributed by atoms with E-state index in [9.17, 15) is 4.79 Å². The number of imidazole rings is 1. The van der Waals surface area contributed by atoms with Crippen molar-refractivity contribution in [3.05, 3.63) is 84.3 Å². The van der Waals surface area contributed by atoms with Crippen molar-refractivity contribution < 1.29 is 6.22 Å². The SMILES string of the molecule is O=C(c1ccc(-c2ccccn2)cc1)N1CC(c2nc3ccccc3[nH]2)C1.[HH]. The van der Waals surface area contributed by atoms with Crippen LogP contribution >= 0.6 is 0 Å². The quantitative estimate of drug-likeness (QED) is 0.601. The summed E-state index contributed by atoms with van der Waals surface area (Å²) in [5.41, 5.74) is 4.64. The van der Waals surface area contributed by atoms with Gasteiger partial charge in [0.2, 0.25) is 0 Å². The van der Waals surface area contributed by atoms with Gasteiger partial charge in [-0.3, -0.25) is 9.78 Å². The highest BCUT2D eigenvalue weighted by atomic mass is 16.2. The number of hydrogen-bond acceptors (Lipinski definition) is 3. The van der Waals surface area contributed by atoms with Crippen LogP contribution in [-0.2, 0) is 0 Å². The summed E-state index contributed by atoms with van der Waals surface area (Å²) in [6.07, 6.45) is 1.77. The van der Waals surface area contributed by atoms with Gasteiger partial charge in [0, 0.05) is 31.8 Å². The number of rotatable bonds is 3. The Kier molecular flexibility index (Phi) is 3.71. The van der Waals surface area contributed by atoms with Gasteiger partial charge < -0.3 is 9.88 Å². The molecular formula is C22H20N4O. The van der Waals surface area contributed by atoms with E-state index in [-0.39, 0.29) is 13.3 Å². The summed E-state index contributed by atoms with van der Waals surface area (Å²) in [6.45, 7) is 1.39. The second-order valence-electron chi connectivity index (χ2n) is 6.84. The molecular weight excluding hydrogens is 336 g/mol. The number of aromatic nitrogens is 3. The smallest absolute Gasteiger partial charge is 0.253 e. The van der Waals surface area contributed by atoms with Crippen LogP contribution in [0.4, 0.5) is 0 Å². The number of nitrogens with zero attached hydrogens (tertiary/aromatic N) is 3. The zero-order chi connectivity index (χ0) is 18.2. The van der Waals surface area contributed by atoms with Crippen molar-refractivity contribution in [2.45, 2.75) is 5.92 Å². The maximum Gasteiger partial charge on any atom is 0.253 e. The number of nitrogens with one attached hydrogen (secondary N) is 1. The number of H-pyrrole nitrogens is 1. The van der Waals surface area contributed by atoms with E-state index in [1.54, 1.807) is 6.20 Å². The molecule has 1 aliphatic heterocycles. The predicted molar refractivity (Wildman–Crippen MR) is 107 cm³/mol. The minimum Gasteiger partial charge on any atom is -0.342 e. The summed E-state index contributed by atoms with van der Waals surface area (Å²) in [4.78, 5) is 26.9. The standard InChI is InChI=1S/C22H18N4O.H2/c27-22(16-10-8-15(9-11-16)18-5-3-4-12-23-18)26-13-17(14-26)21-24-19-6-1-2-7-20(19)25-21;/h1-12,17H,13-14H2,(H,24,25);1H. The Morgan fingerprint density at radius 1 is 1.00 bits per heavy atom. The number of para-hydroxylation sites is 2. The van der Waals surface area contributed by atoms with E-state index in [0.717, 1.165) is 28.1 Å². The van der Waals surface area contributed by atoms with E-state index in [1.165, 1.54) is 0 Å². The summed E-state index contributed by atoms with van der Waals surface area (Å²) in [5, 5.41) is 0. The van der Waals surface area contributed by atoms with Crippen LogP contribution in [-0.4, -0.2) is 38.8 Å². The fraction of sp³-hybridized carbons (Fsp3) is 0.136. The van der Waals surface area contributed by atoms with Gasteiger partial charge in [-0.15, -0.1) is 0 Å². The number of hydrogen-bond donors (Lipinski definition) is 1. The molecule has 1 fully saturated rings. The van der Waals surface area contributed by atoms with E-state index < -0.39 is 0 Å². The fourth-order valence-electron chi connectivity index (χ4n) is 3.48. The molecule has 27 heavy (non-hydrogen) atoms. The van der Waals surface area contributed by atoms with Crippen LogP contribution in [0.25, 0.3) is 22.3 Å². The number of benzene rings is 2. The molecule has 0 bridgehead atoms. The van der Waals surface area contributed by atoms with Crippen molar-refractivity contribution >= 4 is 16.9 Å². The van der Waals surface area contributed by atoms with Crippen molar-refractivity contribution in [3.8, 4) is 11.3 Å². The van der Waals surface area contributed by atoms with Gasteiger partial charge in [-0.1, -0.05) is 30.3 Å². The number of likely N-dealkylation sites (tertiary alicyclic amines) is 1. The zero-order valence-electron chi connectivity index (χ0n) is 14.7. The lowest BCUT2D eigenvalue weighted by atomic mass is 9.97. The summed E-state index contributed by atoms with van der Waals surface area (Å²) in [6, 6.07) is 21.5. The summed E-state index contributed by atoms with van der Waals surface area (Å²) in [7, 11) is 0. The minimum atomic E-state index is 0. The highest BCUT2D eigenvalue weighted by Crippen LogP contribution is 2.28. The molecule has 0 aliphatic carbocycles. The first kappa shape index (κ1) is 15.8. The Morgan fingerprint density at radius 2 is 1.78 bits per heavy atom. The van der Waals surface area contributed by atoms with Crippen LogP contribution in [0, 0.1) is 0 Å². The molecule has 5 rings (SSSR count). The van der Waals surface area contributed by atoms with Gasteiger partial charge in [0.05, 0.1) is 22.6 Å². The van der Waals surface area contributed by atoms with Crippen molar-refractivity contribution in [1.29, 1.82) is 0 Å². The Bertz CT molecular complexity index is 1070. The van der Waals surface area contributed by atoms with Gasteiger partial charge in [0.25, 0.3) is 5.91 Å². The first-order chi connectivity index (χ1) is 13.3. The predicted octanol–water partition coefficient (Wildman–Crippen LogP) is 4.11. The molecule has 1 saturated heterocycles. The molecule has 5 nitrogen and oxygen atoms in total. The first-order valence-corrected chi connectivity index (χ1v) is 9.03. The van der Waals surface area contributed by atoms with Gasteiger partial charge in [-0.25, -0.2) is 4.98 Å². The lowest BCUT2D eigenvalue weighted by Gasteiger charge is -2.38. The topological polar surface area (TPSA) is 61.9 Å². The molecule has 1 amide bonds. The molecule has 1 aliphatic rings. The van der Waals surface area contributed by atoms with Crippen LogP contribution in [0.15, 0.2) is 72.9 Å². The summed E-state index contributed by atoms with van der Waals surface area (Å²) < 4.78 is 0. The number of fused-ring (bicyclic) bond motifs is 1. The van der Waals surface area contributed by atoms with Crippen LogP contribution in [0.3, 0.4) is 0 Å². The van der Waals surface area contributed by atoms with Crippen molar-refractivity contribution in [2.75, 3.05) is 13.1 Å². The Labute approximate surface area is 158 Å². The lowest BCUT2D eigenvalue weighted by molar-refractivity contribution is 0.0596. The van der Waals surface area contributed by atoms with Crippen molar-refractivity contribution in [1.82, 2.24) is 19.9 Å². The second kappa shape index (κ2) is 6.36. The minimum absolute atomic E-state index is 0. The van der Waals surface area contributed by atoms with Gasteiger partial charge in [0.15, 0.2) is 0 Å². The van der Waals surface area contributed by atoms with Crippen LogP contribution in [0.1, 0.15) is 23.5 Å². The van der Waals surface area contributed by atoms with E-state index in [2.05, 4.69) is 15.0 Å². The highest BCUT2D eigenvalue weighted by molar-refractivity contribution is 5.95. The number of amides is 1. The zero-order valence-corrected chi connectivity index (χ0v) is 14.7. The van der Waals surface area contributed by atoms with Crippen molar-refractivity contribution in [2.24, 2.45) is 0 Å². The van der Waals surface area contributed by atoms with Crippen LogP contribution < -0.4 is 0 Å². The Morgan fingerprint density at radius 3 is 2.52 bits per heavy atom. The molecule has 0 unspecified atom stereocenters. The van der Waals surface area contributed by atoms with Crippen LogP contribution in [0.2, 0.25) is 0 Å². The average molecular weight is 356 g/mol. The Hall–Kier alpha value is -3.47. The second-order valence-corrected chi connectivity index (χ2v) is 6.84. The van der Waals surface area contributed by atoms with Gasteiger partial charge >= 0.3 is 0 Å². The summed E-state index contributed by atoms with van der Waals surface area (Å²) >= 11 is 0. The first-order valence-electron chi connectivity index (χ1n) is 9.03. The summed E-state index contributed by atoms with van der Waals surface area (Å²) in [5.74, 6) is 1.30. The van der Waals surface area contributed by atoms with Gasteiger partial charge in [-0.05, 0) is 36.4 Å². The fourth-order valence-corrected chi connectivity index (χ4v) is 3.48. The third-order valence-corrected chi connectivity index (χ3v) is 5.06. The molecule has 2 aromatic carbocycles. The Balaban J connectivity index is 0.00000192. The number of aromatic amines is 1. The van der Waals surface area contributed by atoms with E-state index in [1.807, 2.05) is 71.6 Å². The molecule has 0 saturated carbocycles. The third-order valence-electron chi connectivity index (χ3n) is 5.06. The highest BCUT2D eigenvalue weighted by Gasteiger charge is 2.34. The lowest BCUT2D eigenvalue weighted by Crippen LogP contribution is -2.48. The molecule has 4 aromatic rings. The van der Waals surface area contributed by atoms with E-state index in [4.69, 9.17) is 0 Å². The largest absolute Gasteiger partial charge is 0.342 e. The molecule has 1 N–H and O–H groups in total. The number of carbonyl (C=O) groups excluding carboxylic acids is 1.